The molecule has 1 aliphatic rings. The molecule has 11 nitrogen and oxygen atoms in total. The first-order chi connectivity index (χ1) is 18.1. The summed E-state index contributed by atoms with van der Waals surface area (Å²) < 4.78 is 19.3. The zero-order chi connectivity index (χ0) is 25.4. The first-order valence-corrected chi connectivity index (χ1v) is 11.7. The van der Waals surface area contributed by atoms with Gasteiger partial charge >= 0.3 is 0 Å². The number of ether oxygens (including phenoxy) is 3. The monoisotopic (exact) mass is 498 g/mol. The minimum Gasteiger partial charge on any atom is -0.490 e. The van der Waals surface area contributed by atoms with Crippen molar-refractivity contribution in [3.8, 4) is 22.6 Å². The Morgan fingerprint density at radius 2 is 1.86 bits per heavy atom. The van der Waals surface area contributed by atoms with Crippen LogP contribution in [0.15, 0.2) is 65.6 Å². The number of rotatable bonds is 5. The van der Waals surface area contributed by atoms with Crippen molar-refractivity contribution in [3.05, 3.63) is 82.4 Å². The number of carbonyl (C=O) groups excluding carboxylic acids is 1. The van der Waals surface area contributed by atoms with Gasteiger partial charge in [0.1, 0.15) is 5.52 Å². The van der Waals surface area contributed by atoms with Gasteiger partial charge in [-0.25, -0.2) is 9.19 Å². The van der Waals surface area contributed by atoms with E-state index in [1.54, 1.807) is 35.9 Å². The number of amides is 1. The van der Waals surface area contributed by atoms with E-state index < -0.39 is 11.5 Å². The van der Waals surface area contributed by atoms with Crippen LogP contribution in [0, 0.1) is 0 Å². The topological polar surface area (TPSA) is 122 Å². The number of hydrogen-bond acceptors (Lipinski definition) is 8. The molecule has 186 valence electrons. The Morgan fingerprint density at radius 3 is 2.68 bits per heavy atom. The molecular weight excluding hydrogens is 476 g/mol. The van der Waals surface area contributed by atoms with Gasteiger partial charge in [0.2, 0.25) is 0 Å². The van der Waals surface area contributed by atoms with E-state index in [1.807, 2.05) is 30.3 Å². The molecule has 5 aromatic rings. The maximum Gasteiger partial charge on any atom is 0.299 e. The van der Waals surface area contributed by atoms with Crippen LogP contribution in [-0.4, -0.2) is 50.7 Å². The van der Waals surface area contributed by atoms with Crippen LogP contribution in [0.2, 0.25) is 0 Å². The molecule has 0 unspecified atom stereocenters. The highest BCUT2D eigenvalue weighted by Gasteiger charge is 2.20. The minimum absolute atomic E-state index is 0.0556. The third kappa shape index (κ3) is 4.04. The van der Waals surface area contributed by atoms with Crippen LogP contribution in [0.25, 0.3) is 27.8 Å². The molecule has 0 saturated carbocycles. The molecule has 0 spiro atoms. The number of carbonyl (C=O) groups is 1. The van der Waals surface area contributed by atoms with E-state index in [2.05, 4.69) is 20.7 Å². The van der Waals surface area contributed by atoms with Crippen molar-refractivity contribution in [3.63, 3.8) is 0 Å². The van der Waals surface area contributed by atoms with Crippen LogP contribution in [0.1, 0.15) is 22.5 Å². The molecule has 0 fully saturated rings. The van der Waals surface area contributed by atoms with Crippen molar-refractivity contribution in [2.24, 2.45) is 0 Å². The highest BCUT2D eigenvalue weighted by molar-refractivity contribution is 6.00. The molecule has 0 saturated heterocycles. The van der Waals surface area contributed by atoms with Gasteiger partial charge in [-0.15, -0.1) is 10.2 Å². The molecule has 0 atom stereocenters. The summed E-state index contributed by atoms with van der Waals surface area (Å²) >= 11 is 0. The lowest BCUT2D eigenvalue weighted by Crippen LogP contribution is -2.33. The second-order valence-electron chi connectivity index (χ2n) is 8.43. The van der Waals surface area contributed by atoms with Crippen molar-refractivity contribution < 1.29 is 19.0 Å². The van der Waals surface area contributed by atoms with Crippen LogP contribution in [-0.2, 0) is 11.3 Å². The zero-order valence-electron chi connectivity index (χ0n) is 19.9. The zero-order valence-corrected chi connectivity index (χ0v) is 19.9. The summed E-state index contributed by atoms with van der Waals surface area (Å²) in [5.74, 6) is 0.584. The van der Waals surface area contributed by atoms with Crippen molar-refractivity contribution in [2.75, 3.05) is 25.7 Å². The molecular formula is C26H22N6O5. The summed E-state index contributed by atoms with van der Waals surface area (Å²) in [6, 6.07) is 16.2. The summed E-state index contributed by atoms with van der Waals surface area (Å²) in [5, 5.41) is 13.2. The summed E-state index contributed by atoms with van der Waals surface area (Å²) in [5.41, 5.74) is 5.75. The van der Waals surface area contributed by atoms with Crippen LogP contribution >= 0.6 is 0 Å². The number of nitrogens with zero attached hydrogens (tertiary/aromatic N) is 5. The Bertz CT molecular complexity index is 1700. The van der Waals surface area contributed by atoms with E-state index in [9.17, 15) is 9.59 Å². The highest BCUT2D eigenvalue weighted by Crippen LogP contribution is 2.31. The molecule has 1 N–H and O–H groups in total. The normalized spacial score (nSPS) is 13.0. The van der Waals surface area contributed by atoms with Gasteiger partial charge in [0.05, 0.1) is 31.1 Å². The van der Waals surface area contributed by atoms with Gasteiger partial charge in [-0.3, -0.25) is 15.0 Å². The molecule has 0 radical (unpaired) electrons. The van der Waals surface area contributed by atoms with Gasteiger partial charge < -0.3 is 14.2 Å². The number of benzene rings is 2. The number of fused-ring (bicyclic) bond motifs is 4. The van der Waals surface area contributed by atoms with Crippen molar-refractivity contribution >= 4 is 22.6 Å². The maximum absolute atomic E-state index is 13.2. The van der Waals surface area contributed by atoms with E-state index >= 15 is 0 Å². The molecule has 6 rings (SSSR count). The number of nitrogens with one attached hydrogen (secondary N) is 1. The minimum atomic E-state index is -0.542. The lowest BCUT2D eigenvalue weighted by molar-refractivity contribution is 0.101. The molecule has 0 aliphatic carbocycles. The Balaban J connectivity index is 1.38. The second-order valence-corrected chi connectivity index (χ2v) is 8.43. The van der Waals surface area contributed by atoms with E-state index in [4.69, 9.17) is 14.2 Å². The van der Waals surface area contributed by atoms with E-state index in [-0.39, 0.29) is 12.1 Å². The van der Waals surface area contributed by atoms with Gasteiger partial charge in [-0.1, -0.05) is 30.3 Å². The van der Waals surface area contributed by atoms with Crippen molar-refractivity contribution in [1.29, 1.82) is 0 Å². The number of aromatic nitrogens is 5. The molecule has 11 heteroatoms. The van der Waals surface area contributed by atoms with E-state index in [0.29, 0.717) is 47.1 Å². The standard InChI is InChI=1S/C26H22N6O5/c1-35-15-18-22(16-6-3-2-4-7-16)24-28-27-23-19(32(24)29-18)10-11-31(26(23)34)30-25(33)17-8-9-20-21(14-17)37-13-5-12-36-20/h2-4,6-11,14H,5,12-13,15H2,1H3,(H,30,33). The Labute approximate surface area is 210 Å². The average molecular weight is 498 g/mol. The molecule has 37 heavy (non-hydrogen) atoms. The molecule has 0 bridgehead atoms. The summed E-state index contributed by atoms with van der Waals surface area (Å²) in [7, 11) is 1.59. The van der Waals surface area contributed by atoms with Crippen molar-refractivity contribution in [1.82, 2.24) is 24.5 Å². The predicted octanol–water partition coefficient (Wildman–Crippen LogP) is 2.80. The van der Waals surface area contributed by atoms with E-state index in [0.717, 1.165) is 22.2 Å². The van der Waals surface area contributed by atoms with Crippen LogP contribution in [0.3, 0.4) is 0 Å². The van der Waals surface area contributed by atoms with Gasteiger partial charge in [-0.05, 0) is 29.8 Å². The smallest absolute Gasteiger partial charge is 0.299 e. The quantitative estimate of drug-likeness (QED) is 0.393. The summed E-state index contributed by atoms with van der Waals surface area (Å²) in [4.78, 5) is 26.2. The fourth-order valence-electron chi connectivity index (χ4n) is 4.30. The molecule has 2 aromatic carbocycles. The molecule has 1 amide bonds. The highest BCUT2D eigenvalue weighted by atomic mass is 16.5. The van der Waals surface area contributed by atoms with Gasteiger partial charge in [-0.2, -0.15) is 5.10 Å². The van der Waals surface area contributed by atoms with Crippen LogP contribution in [0.5, 0.6) is 11.5 Å². The Morgan fingerprint density at radius 1 is 1.05 bits per heavy atom. The molecule has 3 aromatic heterocycles. The average Bonchev–Trinajstić information content (AvgIpc) is 3.12. The van der Waals surface area contributed by atoms with Crippen LogP contribution < -0.4 is 20.5 Å². The SMILES string of the molecule is COCc1nn2c(nnc3c(=O)n(NC(=O)c4ccc5c(c4)OCCCO5)ccc32)c1-c1ccccc1. The largest absolute Gasteiger partial charge is 0.490 e. The lowest BCUT2D eigenvalue weighted by Gasteiger charge is -2.11. The second kappa shape index (κ2) is 9.36. The predicted molar refractivity (Wildman–Crippen MR) is 134 cm³/mol. The first-order valence-electron chi connectivity index (χ1n) is 11.7. The number of methoxy groups -OCH3 is 1. The summed E-state index contributed by atoms with van der Waals surface area (Å²) in [6.07, 6.45) is 2.22. The van der Waals surface area contributed by atoms with Crippen LogP contribution in [0.4, 0.5) is 0 Å². The Hall–Kier alpha value is -4.77. The maximum atomic E-state index is 13.2. The summed E-state index contributed by atoms with van der Waals surface area (Å²) in [6.45, 7) is 1.31. The van der Waals surface area contributed by atoms with E-state index in [1.165, 1.54) is 6.20 Å². The van der Waals surface area contributed by atoms with Crippen molar-refractivity contribution in [2.45, 2.75) is 13.0 Å². The third-order valence-electron chi connectivity index (χ3n) is 6.03. The fraction of sp³-hybridized carbons (Fsp3) is 0.192. The lowest BCUT2D eigenvalue weighted by atomic mass is 10.1. The molecule has 4 heterocycles. The third-order valence-corrected chi connectivity index (χ3v) is 6.03. The van der Waals surface area contributed by atoms with Gasteiger partial charge in [0.25, 0.3) is 11.5 Å². The van der Waals surface area contributed by atoms with Gasteiger partial charge in [0, 0.05) is 25.3 Å². The first kappa shape index (κ1) is 22.7. The Kier molecular flexibility index (Phi) is 5.73. The molecule has 1 aliphatic heterocycles. The van der Waals surface area contributed by atoms with Gasteiger partial charge in [0.15, 0.2) is 22.7 Å². The number of hydrogen-bond donors (Lipinski definition) is 1. The number of pyridine rings is 1. The fourth-order valence-corrected chi connectivity index (χ4v) is 4.30.